The van der Waals surface area contributed by atoms with Crippen molar-refractivity contribution in [3.8, 4) is 22.3 Å². The van der Waals surface area contributed by atoms with Crippen molar-refractivity contribution in [2.75, 3.05) is 0 Å². The first kappa shape index (κ1) is 33.1. The zero-order valence-electron chi connectivity index (χ0n) is 22.6. The van der Waals surface area contributed by atoms with E-state index in [4.69, 9.17) is 0 Å². The molecule has 0 atom stereocenters. The lowest BCUT2D eigenvalue weighted by atomic mass is 9.87. The third-order valence-electron chi connectivity index (χ3n) is 5.93. The highest BCUT2D eigenvalue weighted by atomic mass is 19.2. The summed E-state index contributed by atoms with van der Waals surface area (Å²) in [6.45, 7) is 13.2. The first-order chi connectivity index (χ1) is 17.9. The van der Waals surface area contributed by atoms with Crippen molar-refractivity contribution in [2.45, 2.75) is 74.7 Å². The third-order valence-corrected chi connectivity index (χ3v) is 5.93. The molecule has 3 aromatic rings. The molecule has 0 aliphatic heterocycles. The molecule has 3 rings (SSSR count). The Bertz CT molecular complexity index is 1310. The summed E-state index contributed by atoms with van der Waals surface area (Å²) in [5.74, 6) is -16.2. The molecule has 0 N–H and O–H groups in total. The molecule has 0 spiro atoms. The number of benzene rings is 3. The van der Waals surface area contributed by atoms with Gasteiger partial charge in [-0.05, 0) is 48.9 Å². The van der Waals surface area contributed by atoms with Crippen LogP contribution in [-0.4, -0.2) is 0 Å². The molecule has 0 saturated heterocycles. The molecule has 0 heterocycles. The number of hydrogen-bond acceptors (Lipinski definition) is 0. The highest BCUT2D eigenvalue weighted by Gasteiger charge is 2.33. The molecule has 38 heavy (non-hydrogen) atoms. The molecule has 0 aliphatic rings. The molecular weight excluding hydrogens is 519 g/mol. The number of halogens is 9. The van der Waals surface area contributed by atoms with Crippen molar-refractivity contribution >= 4 is 0 Å². The van der Waals surface area contributed by atoms with E-state index in [1.807, 2.05) is 27.7 Å². The van der Waals surface area contributed by atoms with Gasteiger partial charge in [0.05, 0.1) is 11.1 Å². The van der Waals surface area contributed by atoms with E-state index in [0.29, 0.717) is 6.07 Å². The summed E-state index contributed by atoms with van der Waals surface area (Å²) >= 11 is 0. The van der Waals surface area contributed by atoms with Crippen molar-refractivity contribution < 1.29 is 39.5 Å². The summed E-state index contributed by atoms with van der Waals surface area (Å²) in [7, 11) is 0. The Morgan fingerprint density at radius 1 is 0.447 bits per heavy atom. The van der Waals surface area contributed by atoms with E-state index in [2.05, 4.69) is 0 Å². The fourth-order valence-corrected chi connectivity index (χ4v) is 4.17. The van der Waals surface area contributed by atoms with Gasteiger partial charge in [0.25, 0.3) is 0 Å². The monoisotopic (exact) mass is 550 g/mol. The Balaban J connectivity index is 0.00000172. The molecule has 0 amide bonds. The van der Waals surface area contributed by atoms with Crippen LogP contribution >= 0.6 is 0 Å². The summed E-state index contributed by atoms with van der Waals surface area (Å²) in [5.41, 5.74) is -6.48. The minimum atomic E-state index is -2.31. The second-order valence-electron chi connectivity index (χ2n) is 7.67. The Morgan fingerprint density at radius 3 is 1.39 bits per heavy atom. The van der Waals surface area contributed by atoms with Crippen LogP contribution in [0.25, 0.3) is 22.3 Å². The average Bonchev–Trinajstić information content (AvgIpc) is 2.92. The standard InChI is InChI=1S/C25H19F9.2C2H6/c1-5-10-8-13(26)16(15-12(7-3)20(29)24(33)25(34)22(15)31)21(30)14(10)17-19(28)11(6-2)9(4)18(27)23(17)32;2*1-2/h8H,5-7H2,1-4H3;2*1-2H3. The molecule has 0 nitrogen and oxygen atoms in total. The van der Waals surface area contributed by atoms with Crippen molar-refractivity contribution in [1.82, 2.24) is 0 Å². The van der Waals surface area contributed by atoms with Gasteiger partial charge in [0.15, 0.2) is 34.9 Å². The van der Waals surface area contributed by atoms with Gasteiger partial charge in [-0.15, -0.1) is 0 Å². The summed E-state index contributed by atoms with van der Waals surface area (Å²) in [4.78, 5) is 0. The van der Waals surface area contributed by atoms with Gasteiger partial charge in [-0.3, -0.25) is 0 Å². The molecule has 3 aromatic carbocycles. The molecule has 0 bridgehead atoms. The molecule has 9 heteroatoms. The van der Waals surface area contributed by atoms with E-state index >= 15 is 13.2 Å². The molecular formula is C29H31F9. The lowest BCUT2D eigenvalue weighted by Crippen LogP contribution is -2.11. The van der Waals surface area contributed by atoms with Crippen molar-refractivity contribution in [3.63, 3.8) is 0 Å². The Labute approximate surface area is 217 Å². The molecule has 0 fully saturated rings. The van der Waals surface area contributed by atoms with Gasteiger partial charge in [-0.2, -0.15) is 0 Å². The largest absolute Gasteiger partial charge is 0.206 e. The molecule has 0 saturated carbocycles. The average molecular weight is 551 g/mol. The number of aryl methyl sites for hydroxylation is 1. The normalized spacial score (nSPS) is 10.6. The van der Waals surface area contributed by atoms with Gasteiger partial charge in [-0.25, -0.2) is 39.5 Å². The summed E-state index contributed by atoms with van der Waals surface area (Å²) in [6, 6.07) is 0.619. The van der Waals surface area contributed by atoms with E-state index in [1.54, 1.807) is 0 Å². The maximum atomic E-state index is 15.8. The maximum Gasteiger partial charge on any atom is 0.198 e. The van der Waals surface area contributed by atoms with Crippen LogP contribution in [0.1, 0.15) is 70.7 Å². The second kappa shape index (κ2) is 13.7. The van der Waals surface area contributed by atoms with Crippen LogP contribution in [0, 0.1) is 59.3 Å². The minimum absolute atomic E-state index is 0.0952. The van der Waals surface area contributed by atoms with Gasteiger partial charge < -0.3 is 0 Å². The molecule has 210 valence electrons. The van der Waals surface area contributed by atoms with Crippen LogP contribution in [-0.2, 0) is 19.3 Å². The lowest BCUT2D eigenvalue weighted by molar-refractivity contribution is 0.405. The van der Waals surface area contributed by atoms with Gasteiger partial charge in [0, 0.05) is 16.7 Å². The minimum Gasteiger partial charge on any atom is -0.206 e. The zero-order valence-corrected chi connectivity index (χ0v) is 22.6. The summed E-state index contributed by atoms with van der Waals surface area (Å²) < 4.78 is 132. The van der Waals surface area contributed by atoms with E-state index in [0.717, 1.165) is 6.92 Å². The first-order valence-electron chi connectivity index (χ1n) is 12.5. The Hall–Kier alpha value is -2.97. The van der Waals surface area contributed by atoms with Crippen LogP contribution in [0.3, 0.4) is 0 Å². The quantitative estimate of drug-likeness (QED) is 0.168. The van der Waals surface area contributed by atoms with Crippen LogP contribution in [0.2, 0.25) is 0 Å². The van der Waals surface area contributed by atoms with E-state index in [-0.39, 0.29) is 29.5 Å². The van der Waals surface area contributed by atoms with Gasteiger partial charge in [0.2, 0.25) is 0 Å². The van der Waals surface area contributed by atoms with E-state index in [1.165, 1.54) is 20.8 Å². The predicted molar refractivity (Wildman–Crippen MR) is 133 cm³/mol. The van der Waals surface area contributed by atoms with E-state index < -0.39 is 86.6 Å². The molecule has 0 aromatic heterocycles. The number of rotatable bonds is 5. The van der Waals surface area contributed by atoms with Crippen LogP contribution in [0.15, 0.2) is 6.07 Å². The third kappa shape index (κ3) is 5.43. The SMILES string of the molecule is CC.CC.CCc1cc(F)c(-c2c(F)c(F)c(F)c(F)c2CC)c(F)c1-c1c(F)c(F)c(C)c(CC)c1F. The topological polar surface area (TPSA) is 0 Å². The van der Waals surface area contributed by atoms with Crippen LogP contribution < -0.4 is 0 Å². The molecule has 0 aliphatic carbocycles. The fraction of sp³-hybridized carbons (Fsp3) is 0.379. The van der Waals surface area contributed by atoms with Crippen molar-refractivity contribution in [2.24, 2.45) is 0 Å². The molecule has 0 radical (unpaired) electrons. The van der Waals surface area contributed by atoms with Gasteiger partial charge >= 0.3 is 0 Å². The smallest absolute Gasteiger partial charge is 0.198 e. The van der Waals surface area contributed by atoms with Crippen molar-refractivity contribution in [1.29, 1.82) is 0 Å². The van der Waals surface area contributed by atoms with Crippen LogP contribution in [0.4, 0.5) is 39.5 Å². The Morgan fingerprint density at radius 2 is 0.921 bits per heavy atom. The van der Waals surface area contributed by atoms with E-state index in [9.17, 15) is 26.3 Å². The van der Waals surface area contributed by atoms with Gasteiger partial charge in [0.1, 0.15) is 17.5 Å². The second-order valence-corrected chi connectivity index (χ2v) is 7.67. The highest BCUT2D eigenvalue weighted by Crippen LogP contribution is 2.43. The number of hydrogen-bond donors (Lipinski definition) is 0. The van der Waals surface area contributed by atoms with Crippen molar-refractivity contribution in [3.05, 3.63) is 80.7 Å². The zero-order chi connectivity index (χ0) is 29.6. The summed E-state index contributed by atoms with van der Waals surface area (Å²) in [6.07, 6.45) is -0.780. The van der Waals surface area contributed by atoms with Crippen LogP contribution in [0.5, 0.6) is 0 Å². The fourth-order valence-electron chi connectivity index (χ4n) is 4.17. The van der Waals surface area contributed by atoms with Gasteiger partial charge in [-0.1, -0.05) is 48.5 Å². The lowest BCUT2D eigenvalue weighted by Gasteiger charge is -2.20. The maximum absolute atomic E-state index is 15.8. The predicted octanol–water partition coefficient (Wildman–Crippen LogP) is 10.3. The first-order valence-corrected chi connectivity index (χ1v) is 12.5. The Kier molecular flexibility index (Phi) is 11.9. The summed E-state index contributed by atoms with van der Waals surface area (Å²) in [5, 5.41) is 0. The highest BCUT2D eigenvalue weighted by molar-refractivity contribution is 5.80. The molecule has 0 unspecified atom stereocenters.